The second kappa shape index (κ2) is 8.73. The number of methoxy groups -OCH3 is 1. The van der Waals surface area contributed by atoms with E-state index in [0.29, 0.717) is 11.3 Å². The van der Waals surface area contributed by atoms with E-state index in [2.05, 4.69) is 5.32 Å². The van der Waals surface area contributed by atoms with Crippen molar-refractivity contribution >= 4 is 15.7 Å². The Bertz CT molecular complexity index is 924. The predicted octanol–water partition coefficient (Wildman–Crippen LogP) is 3.34. The Morgan fingerprint density at radius 3 is 2.32 bits per heavy atom. The summed E-state index contributed by atoms with van der Waals surface area (Å²) in [5.41, 5.74) is -0.135. The highest BCUT2D eigenvalue weighted by atomic mass is 32.2. The molecule has 0 saturated heterocycles. The number of nitrogens with one attached hydrogen (secondary N) is 1. The Morgan fingerprint density at radius 2 is 1.75 bits per heavy atom. The van der Waals surface area contributed by atoms with Crippen LogP contribution in [0.2, 0.25) is 0 Å². The van der Waals surface area contributed by atoms with E-state index in [1.807, 2.05) is 13.8 Å². The van der Waals surface area contributed by atoms with Crippen molar-refractivity contribution in [1.29, 1.82) is 0 Å². The van der Waals surface area contributed by atoms with E-state index in [-0.39, 0.29) is 28.9 Å². The van der Waals surface area contributed by atoms with Crippen LogP contribution in [0.5, 0.6) is 5.75 Å². The third kappa shape index (κ3) is 5.32. The van der Waals surface area contributed by atoms with Crippen molar-refractivity contribution in [3.8, 4) is 5.75 Å². The molecule has 2 rings (SSSR count). The lowest BCUT2D eigenvalue weighted by Crippen LogP contribution is -2.41. The second-order valence-corrected chi connectivity index (χ2v) is 9.47. The van der Waals surface area contributed by atoms with Gasteiger partial charge in [-0.1, -0.05) is 39.0 Å². The summed E-state index contributed by atoms with van der Waals surface area (Å²) in [6.07, 6.45) is 0. The average Bonchev–Trinajstić information content (AvgIpc) is 2.66. The van der Waals surface area contributed by atoms with Gasteiger partial charge >= 0.3 is 0 Å². The summed E-state index contributed by atoms with van der Waals surface area (Å²) in [6.45, 7) is 5.40. The molecular weight excluding hydrogens is 381 g/mol. The standard InChI is InChI=1S/C21H26FNO4S/c1-15(13-28(25,26)17-11-9-16(27-4)10-12-17)20(24)23-14-21(2,3)18-7-5-6-8-19(18)22/h5-12,15H,13-14H2,1-4H3,(H,23,24). The van der Waals surface area contributed by atoms with Gasteiger partial charge in [-0.2, -0.15) is 0 Å². The van der Waals surface area contributed by atoms with Crippen LogP contribution in [0, 0.1) is 11.7 Å². The zero-order valence-corrected chi connectivity index (χ0v) is 17.3. The summed E-state index contributed by atoms with van der Waals surface area (Å²) in [7, 11) is -2.12. The molecule has 1 atom stereocenters. The molecule has 1 N–H and O–H groups in total. The predicted molar refractivity (Wildman–Crippen MR) is 107 cm³/mol. The van der Waals surface area contributed by atoms with E-state index in [4.69, 9.17) is 4.74 Å². The molecule has 2 aromatic carbocycles. The van der Waals surface area contributed by atoms with Gasteiger partial charge in [0, 0.05) is 17.9 Å². The number of hydrogen-bond donors (Lipinski definition) is 1. The number of halogens is 1. The van der Waals surface area contributed by atoms with Crippen LogP contribution >= 0.6 is 0 Å². The average molecular weight is 408 g/mol. The lowest BCUT2D eigenvalue weighted by Gasteiger charge is -2.27. The molecule has 1 unspecified atom stereocenters. The number of rotatable bonds is 8. The summed E-state index contributed by atoms with van der Waals surface area (Å²) in [5, 5.41) is 2.75. The number of ether oxygens (including phenoxy) is 1. The van der Waals surface area contributed by atoms with E-state index in [1.165, 1.54) is 25.3 Å². The Labute approximate surface area is 165 Å². The minimum atomic E-state index is -3.62. The Balaban J connectivity index is 2.01. The van der Waals surface area contributed by atoms with Crippen molar-refractivity contribution in [1.82, 2.24) is 5.32 Å². The Kier molecular flexibility index (Phi) is 6.82. The lowest BCUT2D eigenvalue weighted by molar-refractivity contribution is -0.124. The highest BCUT2D eigenvalue weighted by molar-refractivity contribution is 7.91. The molecule has 0 heterocycles. The van der Waals surface area contributed by atoms with Crippen LogP contribution in [0.25, 0.3) is 0 Å². The first-order valence-electron chi connectivity index (χ1n) is 8.96. The van der Waals surface area contributed by atoms with Crippen LogP contribution in [-0.2, 0) is 20.0 Å². The molecule has 0 radical (unpaired) electrons. The minimum absolute atomic E-state index is 0.139. The molecule has 0 aliphatic carbocycles. The largest absolute Gasteiger partial charge is 0.497 e. The first-order chi connectivity index (χ1) is 13.1. The third-order valence-electron chi connectivity index (χ3n) is 4.64. The van der Waals surface area contributed by atoms with Crippen molar-refractivity contribution in [2.45, 2.75) is 31.1 Å². The molecule has 0 saturated carbocycles. The Hall–Kier alpha value is -2.41. The molecule has 5 nitrogen and oxygen atoms in total. The fraction of sp³-hybridized carbons (Fsp3) is 0.381. The summed E-state index contributed by atoms with van der Waals surface area (Å²) in [6, 6.07) is 12.5. The van der Waals surface area contributed by atoms with Crippen molar-refractivity contribution in [2.75, 3.05) is 19.4 Å². The summed E-state index contributed by atoms with van der Waals surface area (Å²) in [5.74, 6) is -1.23. The molecular formula is C21H26FNO4S. The van der Waals surface area contributed by atoms with Crippen LogP contribution in [0.1, 0.15) is 26.3 Å². The highest BCUT2D eigenvalue weighted by Crippen LogP contribution is 2.25. The van der Waals surface area contributed by atoms with Crippen molar-refractivity contribution in [3.63, 3.8) is 0 Å². The van der Waals surface area contributed by atoms with Crippen LogP contribution in [-0.4, -0.2) is 33.7 Å². The maximum atomic E-state index is 14.0. The molecule has 0 aliphatic heterocycles. The lowest BCUT2D eigenvalue weighted by atomic mass is 9.84. The van der Waals surface area contributed by atoms with E-state index >= 15 is 0 Å². The molecule has 7 heteroatoms. The number of carbonyl (C=O) groups excluding carboxylic acids is 1. The molecule has 0 bridgehead atoms. The summed E-state index contributed by atoms with van der Waals surface area (Å²) >= 11 is 0. The number of hydrogen-bond acceptors (Lipinski definition) is 4. The van der Waals surface area contributed by atoms with Gasteiger partial charge < -0.3 is 10.1 Å². The van der Waals surface area contributed by atoms with Gasteiger partial charge in [0.2, 0.25) is 5.91 Å². The van der Waals surface area contributed by atoms with Crippen LogP contribution in [0.4, 0.5) is 4.39 Å². The fourth-order valence-corrected chi connectivity index (χ4v) is 4.42. The SMILES string of the molecule is COc1ccc(S(=O)(=O)CC(C)C(=O)NCC(C)(C)c2ccccc2F)cc1. The minimum Gasteiger partial charge on any atom is -0.497 e. The first-order valence-corrected chi connectivity index (χ1v) is 10.6. The number of amides is 1. The van der Waals surface area contributed by atoms with Gasteiger partial charge in [0.05, 0.1) is 17.8 Å². The van der Waals surface area contributed by atoms with Crippen LogP contribution in [0.3, 0.4) is 0 Å². The Morgan fingerprint density at radius 1 is 1.14 bits per heavy atom. The van der Waals surface area contributed by atoms with Crippen molar-refractivity contribution < 1.29 is 22.3 Å². The van der Waals surface area contributed by atoms with Crippen molar-refractivity contribution in [2.24, 2.45) is 5.92 Å². The number of carbonyl (C=O) groups is 1. The van der Waals surface area contributed by atoms with Crippen LogP contribution < -0.4 is 10.1 Å². The fourth-order valence-electron chi connectivity index (χ4n) is 2.87. The van der Waals surface area contributed by atoms with E-state index < -0.39 is 21.2 Å². The smallest absolute Gasteiger partial charge is 0.223 e. The zero-order chi connectivity index (χ0) is 20.9. The summed E-state index contributed by atoms with van der Waals surface area (Å²) in [4.78, 5) is 12.6. The maximum absolute atomic E-state index is 14.0. The summed E-state index contributed by atoms with van der Waals surface area (Å²) < 4.78 is 44.1. The monoisotopic (exact) mass is 407 g/mol. The van der Waals surface area contributed by atoms with Gasteiger partial charge in [0.15, 0.2) is 9.84 Å². The van der Waals surface area contributed by atoms with E-state index in [9.17, 15) is 17.6 Å². The molecule has 0 aliphatic rings. The topological polar surface area (TPSA) is 72.5 Å². The quantitative estimate of drug-likeness (QED) is 0.729. The normalized spacial score (nSPS) is 13.0. The molecule has 28 heavy (non-hydrogen) atoms. The van der Waals surface area contributed by atoms with Crippen LogP contribution in [0.15, 0.2) is 53.4 Å². The van der Waals surface area contributed by atoms with E-state index in [0.717, 1.165) is 0 Å². The molecule has 1 amide bonds. The molecule has 2 aromatic rings. The van der Waals surface area contributed by atoms with Gasteiger partial charge in [-0.05, 0) is 35.9 Å². The van der Waals surface area contributed by atoms with E-state index in [1.54, 1.807) is 37.3 Å². The third-order valence-corrected chi connectivity index (χ3v) is 6.57. The molecule has 0 fully saturated rings. The maximum Gasteiger partial charge on any atom is 0.223 e. The molecule has 0 spiro atoms. The van der Waals surface area contributed by atoms with Gasteiger partial charge in [-0.15, -0.1) is 0 Å². The molecule has 152 valence electrons. The van der Waals surface area contributed by atoms with Gasteiger partial charge in [0.25, 0.3) is 0 Å². The highest BCUT2D eigenvalue weighted by Gasteiger charge is 2.27. The number of sulfone groups is 1. The second-order valence-electron chi connectivity index (χ2n) is 7.44. The number of benzene rings is 2. The molecule has 0 aromatic heterocycles. The first kappa shape index (κ1) is 21.9. The van der Waals surface area contributed by atoms with Gasteiger partial charge in [-0.25, -0.2) is 12.8 Å². The van der Waals surface area contributed by atoms with Gasteiger partial charge in [-0.3, -0.25) is 4.79 Å². The zero-order valence-electron chi connectivity index (χ0n) is 16.5. The van der Waals surface area contributed by atoms with Crippen molar-refractivity contribution in [3.05, 3.63) is 59.9 Å². The van der Waals surface area contributed by atoms with Gasteiger partial charge in [0.1, 0.15) is 11.6 Å².